The van der Waals surface area contributed by atoms with Crippen LogP contribution < -0.4 is 9.81 Å². The second-order valence-electron chi connectivity index (χ2n) is 5.13. The van der Waals surface area contributed by atoms with Gasteiger partial charge in [-0.15, -0.1) is 0 Å². The summed E-state index contributed by atoms with van der Waals surface area (Å²) in [6.45, 7) is 0. The van der Waals surface area contributed by atoms with Crippen molar-refractivity contribution in [2.45, 2.75) is 11.1 Å². The van der Waals surface area contributed by atoms with Crippen LogP contribution in [0.2, 0.25) is 5.02 Å². The SMILES string of the molecule is O=c1ccc2ccc(OS(=O)(=O)c3ccc(Cl)cc3C(F)(F)F)cc2o1. The van der Waals surface area contributed by atoms with Gasteiger partial charge in [-0.1, -0.05) is 11.6 Å². The van der Waals surface area contributed by atoms with E-state index in [9.17, 15) is 26.4 Å². The van der Waals surface area contributed by atoms with E-state index in [0.717, 1.165) is 12.1 Å². The topological polar surface area (TPSA) is 73.6 Å². The Morgan fingerprint density at radius 2 is 1.69 bits per heavy atom. The number of fused-ring (bicyclic) bond motifs is 1. The molecule has 3 rings (SSSR count). The van der Waals surface area contributed by atoms with Crippen molar-refractivity contribution in [2.75, 3.05) is 0 Å². The third kappa shape index (κ3) is 3.68. The summed E-state index contributed by atoms with van der Waals surface area (Å²) in [7, 11) is -4.82. The van der Waals surface area contributed by atoms with Crippen LogP contribution in [0.3, 0.4) is 0 Å². The van der Waals surface area contributed by atoms with Gasteiger partial charge in [-0.2, -0.15) is 21.6 Å². The summed E-state index contributed by atoms with van der Waals surface area (Å²) in [6, 6.07) is 8.55. The zero-order chi connectivity index (χ0) is 19.1. The lowest BCUT2D eigenvalue weighted by Gasteiger charge is -2.14. The van der Waals surface area contributed by atoms with Gasteiger partial charge in [0.2, 0.25) is 0 Å². The van der Waals surface area contributed by atoms with Gasteiger partial charge in [-0.25, -0.2) is 4.79 Å². The van der Waals surface area contributed by atoms with Crippen molar-refractivity contribution in [2.24, 2.45) is 0 Å². The summed E-state index contributed by atoms with van der Waals surface area (Å²) >= 11 is 5.54. The third-order valence-corrected chi connectivity index (χ3v) is 4.86. The third-order valence-electron chi connectivity index (χ3n) is 3.32. The Kier molecular flexibility index (Phi) is 4.45. The van der Waals surface area contributed by atoms with E-state index in [4.69, 9.17) is 20.2 Å². The van der Waals surface area contributed by atoms with Gasteiger partial charge in [0.15, 0.2) is 0 Å². The van der Waals surface area contributed by atoms with Gasteiger partial charge in [0.1, 0.15) is 16.2 Å². The summed E-state index contributed by atoms with van der Waals surface area (Å²) in [4.78, 5) is 10.1. The molecule has 0 N–H and O–H groups in total. The zero-order valence-corrected chi connectivity index (χ0v) is 14.2. The Morgan fingerprint density at radius 3 is 2.38 bits per heavy atom. The molecule has 0 fully saturated rings. The lowest BCUT2D eigenvalue weighted by atomic mass is 10.2. The first-order valence-electron chi connectivity index (χ1n) is 6.91. The van der Waals surface area contributed by atoms with Crippen LogP contribution in [0, 0.1) is 0 Å². The fourth-order valence-corrected chi connectivity index (χ4v) is 3.50. The van der Waals surface area contributed by atoms with E-state index in [2.05, 4.69) is 0 Å². The van der Waals surface area contributed by atoms with Crippen LogP contribution in [-0.2, 0) is 16.3 Å². The van der Waals surface area contributed by atoms with Gasteiger partial charge >= 0.3 is 21.9 Å². The van der Waals surface area contributed by atoms with Crippen molar-refractivity contribution in [1.82, 2.24) is 0 Å². The molecule has 0 aliphatic rings. The maximum atomic E-state index is 13.1. The molecule has 0 saturated heterocycles. The standard InChI is InChI=1S/C16H8ClF3O5S/c17-10-3-5-14(12(7-10)16(18,19)20)26(22,23)25-11-4-1-9-2-6-15(21)24-13(9)8-11/h1-8H. The van der Waals surface area contributed by atoms with Crippen LogP contribution in [0.4, 0.5) is 13.2 Å². The maximum absolute atomic E-state index is 13.1. The number of alkyl halides is 3. The van der Waals surface area contributed by atoms with Crippen LogP contribution >= 0.6 is 11.6 Å². The predicted octanol–water partition coefficient (Wildman–Crippen LogP) is 4.23. The Hall–Kier alpha value is -2.52. The maximum Gasteiger partial charge on any atom is 0.417 e. The first-order chi connectivity index (χ1) is 12.1. The number of rotatable bonds is 3. The number of benzene rings is 2. The first kappa shape index (κ1) is 18.3. The van der Waals surface area contributed by atoms with Gasteiger partial charge in [0.25, 0.3) is 0 Å². The van der Waals surface area contributed by atoms with Gasteiger partial charge in [0.05, 0.1) is 5.56 Å². The Labute approximate surface area is 149 Å². The Morgan fingerprint density at radius 1 is 1.00 bits per heavy atom. The average Bonchev–Trinajstić information content (AvgIpc) is 2.53. The minimum atomic E-state index is -4.95. The summed E-state index contributed by atoms with van der Waals surface area (Å²) in [6.07, 6.45) is -4.95. The molecule has 136 valence electrons. The largest absolute Gasteiger partial charge is 0.423 e. The molecule has 5 nitrogen and oxygen atoms in total. The molecular weight excluding hydrogens is 397 g/mol. The molecular formula is C16H8ClF3O5S. The molecule has 26 heavy (non-hydrogen) atoms. The molecule has 10 heteroatoms. The molecule has 0 atom stereocenters. The normalized spacial score (nSPS) is 12.3. The lowest BCUT2D eigenvalue weighted by Crippen LogP contribution is -2.17. The van der Waals surface area contributed by atoms with E-state index in [1.165, 1.54) is 24.3 Å². The molecule has 0 spiro atoms. The molecule has 2 aromatic carbocycles. The molecule has 3 aromatic rings. The average molecular weight is 405 g/mol. The van der Waals surface area contributed by atoms with E-state index >= 15 is 0 Å². The van der Waals surface area contributed by atoms with E-state index in [1.807, 2.05) is 0 Å². The van der Waals surface area contributed by atoms with Gasteiger partial charge in [-0.05, 0) is 36.4 Å². The summed E-state index contributed by atoms with van der Waals surface area (Å²) < 4.78 is 73.7. The smallest absolute Gasteiger partial charge is 0.417 e. The minimum Gasteiger partial charge on any atom is -0.423 e. The molecule has 0 unspecified atom stereocenters. The molecule has 0 bridgehead atoms. The fourth-order valence-electron chi connectivity index (χ4n) is 2.21. The molecule has 1 heterocycles. The quantitative estimate of drug-likeness (QED) is 0.482. The molecule has 0 radical (unpaired) electrons. The number of hydrogen-bond donors (Lipinski definition) is 0. The summed E-state index contributed by atoms with van der Waals surface area (Å²) in [5, 5.41) is 0.209. The highest BCUT2D eigenvalue weighted by molar-refractivity contribution is 7.87. The lowest BCUT2D eigenvalue weighted by molar-refractivity contribution is -0.139. The van der Waals surface area contributed by atoms with E-state index in [1.54, 1.807) is 0 Å². The van der Waals surface area contributed by atoms with Crippen molar-refractivity contribution in [3.05, 3.63) is 69.5 Å². The van der Waals surface area contributed by atoms with Crippen molar-refractivity contribution in [3.63, 3.8) is 0 Å². The molecule has 0 saturated carbocycles. The highest BCUT2D eigenvalue weighted by Crippen LogP contribution is 2.37. The first-order valence-corrected chi connectivity index (χ1v) is 8.70. The molecule has 1 aromatic heterocycles. The van der Waals surface area contributed by atoms with E-state index in [0.29, 0.717) is 17.5 Å². The predicted molar refractivity (Wildman–Crippen MR) is 86.8 cm³/mol. The molecule has 0 amide bonds. The van der Waals surface area contributed by atoms with Gasteiger partial charge < -0.3 is 8.60 Å². The Bertz CT molecular complexity index is 1150. The monoisotopic (exact) mass is 404 g/mol. The van der Waals surface area contributed by atoms with Gasteiger partial charge in [0, 0.05) is 22.5 Å². The Balaban J connectivity index is 2.06. The number of halogens is 4. The molecule has 0 aliphatic carbocycles. The van der Waals surface area contributed by atoms with Crippen LogP contribution in [0.15, 0.2) is 62.6 Å². The van der Waals surface area contributed by atoms with Crippen molar-refractivity contribution in [3.8, 4) is 5.75 Å². The summed E-state index contributed by atoms with van der Waals surface area (Å²) in [5.74, 6) is -0.310. The van der Waals surface area contributed by atoms with Crippen LogP contribution in [0.25, 0.3) is 11.0 Å². The summed E-state index contributed by atoms with van der Waals surface area (Å²) in [5.41, 5.74) is -2.09. The minimum absolute atomic E-state index is 0.0253. The molecule has 0 aliphatic heterocycles. The number of hydrogen-bond acceptors (Lipinski definition) is 5. The zero-order valence-electron chi connectivity index (χ0n) is 12.6. The van der Waals surface area contributed by atoms with Crippen molar-refractivity contribution in [1.29, 1.82) is 0 Å². The van der Waals surface area contributed by atoms with Crippen molar-refractivity contribution >= 4 is 32.7 Å². The van der Waals surface area contributed by atoms with Crippen LogP contribution in [0.5, 0.6) is 5.75 Å². The van der Waals surface area contributed by atoms with E-state index < -0.39 is 32.4 Å². The fraction of sp³-hybridized carbons (Fsp3) is 0.0625. The highest BCUT2D eigenvalue weighted by atomic mass is 35.5. The van der Waals surface area contributed by atoms with Crippen LogP contribution in [0.1, 0.15) is 5.56 Å². The van der Waals surface area contributed by atoms with Gasteiger partial charge in [-0.3, -0.25) is 0 Å². The van der Waals surface area contributed by atoms with Crippen LogP contribution in [-0.4, -0.2) is 8.42 Å². The second-order valence-corrected chi connectivity index (χ2v) is 7.08. The highest BCUT2D eigenvalue weighted by Gasteiger charge is 2.38. The van der Waals surface area contributed by atoms with E-state index in [-0.39, 0.29) is 16.4 Å². The van der Waals surface area contributed by atoms with Crippen molar-refractivity contribution < 1.29 is 30.2 Å². The second kappa shape index (κ2) is 6.33.